The summed E-state index contributed by atoms with van der Waals surface area (Å²) < 4.78 is 5.36. The number of aliphatic hydroxyl groups excluding tert-OH is 1. The van der Waals surface area contributed by atoms with Gasteiger partial charge in [0.25, 0.3) is 0 Å². The number of hydrogen-bond donors (Lipinski definition) is 2. The van der Waals surface area contributed by atoms with E-state index in [-0.39, 0.29) is 28.9 Å². The predicted octanol–water partition coefficient (Wildman–Crippen LogP) is 0.833. The summed E-state index contributed by atoms with van der Waals surface area (Å²) in [5.74, 6) is 0.181. The van der Waals surface area contributed by atoms with Crippen molar-refractivity contribution < 1.29 is 14.6 Å². The number of amides is 1. The molecule has 1 aliphatic heterocycles. The molecular weight excluding hydrogens is 218 g/mol. The molecule has 0 aromatic carbocycles. The summed E-state index contributed by atoms with van der Waals surface area (Å²) in [4.78, 5) is 12.0. The SMILES string of the molecule is CC1(C(=O)N[C@@H]2C[C@@H](O)C23CCOCC3)CC1. The van der Waals surface area contributed by atoms with Crippen LogP contribution >= 0.6 is 0 Å². The molecule has 2 saturated carbocycles. The van der Waals surface area contributed by atoms with Gasteiger partial charge in [-0.25, -0.2) is 0 Å². The summed E-state index contributed by atoms with van der Waals surface area (Å²) in [5, 5.41) is 13.2. The lowest BCUT2D eigenvalue weighted by Gasteiger charge is -2.55. The molecule has 1 amide bonds. The molecular formula is C13H21NO3. The van der Waals surface area contributed by atoms with Gasteiger partial charge in [-0.05, 0) is 32.1 Å². The molecule has 3 fully saturated rings. The van der Waals surface area contributed by atoms with Crippen molar-refractivity contribution in [3.05, 3.63) is 0 Å². The number of carbonyl (C=O) groups is 1. The fourth-order valence-electron chi connectivity index (χ4n) is 3.15. The minimum absolute atomic E-state index is 0.0981. The van der Waals surface area contributed by atoms with E-state index in [1.807, 2.05) is 6.92 Å². The Kier molecular flexibility index (Phi) is 2.49. The van der Waals surface area contributed by atoms with Crippen molar-refractivity contribution >= 4 is 5.91 Å². The molecule has 0 bridgehead atoms. The quantitative estimate of drug-likeness (QED) is 0.750. The third-order valence-corrected chi connectivity index (χ3v) is 5.09. The average Bonchev–Trinajstić information content (AvgIpc) is 3.09. The summed E-state index contributed by atoms with van der Waals surface area (Å²) in [6, 6.07) is 0.159. The van der Waals surface area contributed by atoms with Gasteiger partial charge in [-0.3, -0.25) is 4.79 Å². The molecule has 3 rings (SSSR count). The molecule has 2 atom stereocenters. The molecule has 4 heteroatoms. The molecule has 96 valence electrons. The van der Waals surface area contributed by atoms with Crippen LogP contribution in [0.4, 0.5) is 0 Å². The zero-order valence-corrected chi connectivity index (χ0v) is 10.4. The van der Waals surface area contributed by atoms with E-state index >= 15 is 0 Å². The average molecular weight is 239 g/mol. The van der Waals surface area contributed by atoms with E-state index in [0.717, 1.165) is 25.7 Å². The molecule has 0 unspecified atom stereocenters. The first-order valence-corrected chi connectivity index (χ1v) is 6.64. The number of rotatable bonds is 2. The summed E-state index contributed by atoms with van der Waals surface area (Å²) >= 11 is 0. The monoisotopic (exact) mass is 239 g/mol. The van der Waals surface area contributed by atoms with Gasteiger partial charge in [-0.15, -0.1) is 0 Å². The van der Waals surface area contributed by atoms with E-state index in [1.54, 1.807) is 0 Å². The zero-order chi connectivity index (χ0) is 12.1. The summed E-state index contributed by atoms with van der Waals surface area (Å²) in [7, 11) is 0. The highest BCUT2D eigenvalue weighted by molar-refractivity contribution is 5.85. The smallest absolute Gasteiger partial charge is 0.226 e. The molecule has 0 aromatic heterocycles. The molecule has 0 aromatic rings. The van der Waals surface area contributed by atoms with Crippen LogP contribution in [0.5, 0.6) is 0 Å². The highest BCUT2D eigenvalue weighted by Crippen LogP contribution is 2.51. The molecule has 17 heavy (non-hydrogen) atoms. The van der Waals surface area contributed by atoms with Crippen molar-refractivity contribution in [2.75, 3.05) is 13.2 Å². The second-order valence-corrected chi connectivity index (χ2v) is 6.18. The maximum absolute atomic E-state index is 12.0. The van der Waals surface area contributed by atoms with E-state index in [4.69, 9.17) is 4.74 Å². The highest BCUT2D eigenvalue weighted by Gasteiger charge is 2.57. The normalized spacial score (nSPS) is 37.3. The lowest BCUT2D eigenvalue weighted by atomic mass is 9.57. The van der Waals surface area contributed by atoms with E-state index in [1.165, 1.54) is 0 Å². The van der Waals surface area contributed by atoms with E-state index in [0.29, 0.717) is 19.6 Å². The van der Waals surface area contributed by atoms with Gasteiger partial charge in [0.1, 0.15) is 0 Å². The number of ether oxygens (including phenoxy) is 1. The second kappa shape index (κ2) is 3.69. The van der Waals surface area contributed by atoms with Gasteiger partial charge >= 0.3 is 0 Å². The Morgan fingerprint density at radius 2 is 1.94 bits per heavy atom. The first-order valence-electron chi connectivity index (χ1n) is 6.64. The fourth-order valence-corrected chi connectivity index (χ4v) is 3.15. The topological polar surface area (TPSA) is 58.6 Å². The van der Waals surface area contributed by atoms with Gasteiger partial charge in [0, 0.05) is 30.1 Å². The molecule has 2 N–H and O–H groups in total. The van der Waals surface area contributed by atoms with Crippen LogP contribution in [0.1, 0.15) is 39.0 Å². The number of nitrogens with one attached hydrogen (secondary N) is 1. The Labute approximate surface area is 102 Å². The molecule has 1 saturated heterocycles. The van der Waals surface area contributed by atoms with Crippen LogP contribution < -0.4 is 5.32 Å². The van der Waals surface area contributed by atoms with Gasteiger partial charge in [-0.2, -0.15) is 0 Å². The molecule has 2 aliphatic carbocycles. The molecule has 1 spiro atoms. The van der Waals surface area contributed by atoms with Crippen molar-refractivity contribution in [2.24, 2.45) is 10.8 Å². The Hall–Kier alpha value is -0.610. The van der Waals surface area contributed by atoms with Gasteiger partial charge in [0.05, 0.1) is 6.10 Å². The lowest BCUT2D eigenvalue weighted by molar-refractivity contribution is -0.158. The van der Waals surface area contributed by atoms with Crippen LogP contribution in [0.25, 0.3) is 0 Å². The maximum Gasteiger partial charge on any atom is 0.226 e. The molecule has 1 heterocycles. The van der Waals surface area contributed by atoms with E-state index in [2.05, 4.69) is 5.32 Å². The summed E-state index contributed by atoms with van der Waals surface area (Å²) in [6.07, 6.45) is 4.20. The lowest BCUT2D eigenvalue weighted by Crippen LogP contribution is -2.66. The van der Waals surface area contributed by atoms with Crippen LogP contribution in [-0.4, -0.2) is 36.4 Å². The van der Waals surface area contributed by atoms with Crippen molar-refractivity contribution in [3.8, 4) is 0 Å². The minimum Gasteiger partial charge on any atom is -0.392 e. The minimum atomic E-state index is -0.260. The van der Waals surface area contributed by atoms with Crippen LogP contribution in [0, 0.1) is 10.8 Å². The first-order chi connectivity index (χ1) is 8.07. The van der Waals surface area contributed by atoms with Crippen LogP contribution in [0.2, 0.25) is 0 Å². The van der Waals surface area contributed by atoms with Crippen molar-refractivity contribution in [2.45, 2.75) is 51.2 Å². The standard InChI is InChI=1S/C13H21NO3/c1-12(2-3-12)11(16)14-9-8-10(15)13(9)4-6-17-7-5-13/h9-10,15H,2-8H2,1H3,(H,14,16)/t9-,10-/m1/s1. The van der Waals surface area contributed by atoms with Crippen molar-refractivity contribution in [1.82, 2.24) is 5.32 Å². The first kappa shape index (κ1) is 11.5. The van der Waals surface area contributed by atoms with Crippen LogP contribution in [0.3, 0.4) is 0 Å². The van der Waals surface area contributed by atoms with Gasteiger partial charge < -0.3 is 15.2 Å². The predicted molar refractivity (Wildman–Crippen MR) is 62.4 cm³/mol. The highest BCUT2D eigenvalue weighted by atomic mass is 16.5. The fraction of sp³-hybridized carbons (Fsp3) is 0.923. The van der Waals surface area contributed by atoms with Gasteiger partial charge in [-0.1, -0.05) is 6.92 Å². The molecule has 3 aliphatic rings. The summed E-state index contributed by atoms with van der Waals surface area (Å²) in [6.45, 7) is 3.44. The third-order valence-electron chi connectivity index (χ3n) is 5.09. The Balaban J connectivity index is 1.65. The number of aliphatic hydroxyl groups is 1. The largest absolute Gasteiger partial charge is 0.392 e. The third kappa shape index (κ3) is 1.69. The molecule has 4 nitrogen and oxygen atoms in total. The van der Waals surface area contributed by atoms with Crippen LogP contribution in [0.15, 0.2) is 0 Å². The van der Waals surface area contributed by atoms with E-state index in [9.17, 15) is 9.90 Å². The summed E-state index contributed by atoms with van der Waals surface area (Å²) in [5.41, 5.74) is -0.216. The van der Waals surface area contributed by atoms with Crippen LogP contribution in [-0.2, 0) is 9.53 Å². The molecule has 0 radical (unpaired) electrons. The Morgan fingerprint density at radius 3 is 2.47 bits per heavy atom. The van der Waals surface area contributed by atoms with Crippen molar-refractivity contribution in [1.29, 1.82) is 0 Å². The van der Waals surface area contributed by atoms with Gasteiger partial charge in [0.15, 0.2) is 0 Å². The number of carbonyl (C=O) groups excluding carboxylic acids is 1. The Morgan fingerprint density at radius 1 is 1.29 bits per heavy atom. The van der Waals surface area contributed by atoms with Crippen molar-refractivity contribution in [3.63, 3.8) is 0 Å². The zero-order valence-electron chi connectivity index (χ0n) is 10.4. The van der Waals surface area contributed by atoms with E-state index < -0.39 is 0 Å². The second-order valence-electron chi connectivity index (χ2n) is 6.18. The van der Waals surface area contributed by atoms with Gasteiger partial charge in [0.2, 0.25) is 5.91 Å². The maximum atomic E-state index is 12.0. The number of hydrogen-bond acceptors (Lipinski definition) is 3. The Bertz CT molecular complexity index is 332.